The van der Waals surface area contributed by atoms with Gasteiger partial charge in [-0.2, -0.15) is 0 Å². The minimum absolute atomic E-state index is 0.113. The van der Waals surface area contributed by atoms with Gasteiger partial charge in [-0.1, -0.05) is 6.07 Å². The fourth-order valence-electron chi connectivity index (χ4n) is 2.59. The van der Waals surface area contributed by atoms with Gasteiger partial charge in [0.1, 0.15) is 0 Å². The predicted octanol–water partition coefficient (Wildman–Crippen LogP) is 2.50. The zero-order chi connectivity index (χ0) is 19.4. The number of amides is 2. The van der Waals surface area contributed by atoms with E-state index in [0.29, 0.717) is 28.4 Å². The fraction of sp³-hybridized carbons (Fsp3) is 0.300. The number of hydrogen-bond acceptors (Lipinski definition) is 5. The Morgan fingerprint density at radius 1 is 1.15 bits per heavy atom. The summed E-state index contributed by atoms with van der Waals surface area (Å²) >= 11 is 0. The molecule has 0 aliphatic heterocycles. The largest absolute Gasteiger partial charge is 0.493 e. The Hall–Kier alpha value is -3.22. The van der Waals surface area contributed by atoms with Gasteiger partial charge in [0.25, 0.3) is 11.8 Å². The highest BCUT2D eigenvalue weighted by atomic mass is 16.5. The molecule has 3 rings (SSSR count). The van der Waals surface area contributed by atoms with Gasteiger partial charge in [0.15, 0.2) is 18.1 Å². The van der Waals surface area contributed by atoms with Crippen LogP contribution in [0.1, 0.15) is 28.8 Å². The molecular weight excluding hydrogens is 346 g/mol. The summed E-state index contributed by atoms with van der Waals surface area (Å²) in [6, 6.07) is 10.5. The molecule has 0 unspecified atom stereocenters. The highest BCUT2D eigenvalue weighted by Gasteiger charge is 2.23. The van der Waals surface area contributed by atoms with Crippen molar-refractivity contribution in [3.8, 4) is 11.5 Å². The Labute approximate surface area is 157 Å². The second kappa shape index (κ2) is 7.99. The Morgan fingerprint density at radius 3 is 2.63 bits per heavy atom. The SMILES string of the molecule is COc1ccc(NC(=O)c2cc(N)ccc2C)cc1OCC(=O)NC1CC1. The molecule has 27 heavy (non-hydrogen) atoms. The summed E-state index contributed by atoms with van der Waals surface area (Å²) in [6.07, 6.45) is 2.03. The molecule has 0 radical (unpaired) electrons. The third-order valence-corrected chi connectivity index (χ3v) is 4.23. The van der Waals surface area contributed by atoms with E-state index in [1.807, 2.05) is 6.92 Å². The van der Waals surface area contributed by atoms with Crippen LogP contribution in [0.5, 0.6) is 11.5 Å². The number of methoxy groups -OCH3 is 1. The first-order valence-corrected chi connectivity index (χ1v) is 8.74. The monoisotopic (exact) mass is 369 g/mol. The Bertz CT molecular complexity index is 862. The van der Waals surface area contributed by atoms with Gasteiger partial charge < -0.3 is 25.8 Å². The molecule has 142 valence electrons. The molecule has 4 N–H and O–H groups in total. The average molecular weight is 369 g/mol. The van der Waals surface area contributed by atoms with E-state index >= 15 is 0 Å². The molecule has 1 aliphatic carbocycles. The van der Waals surface area contributed by atoms with Crippen molar-refractivity contribution in [3.05, 3.63) is 47.5 Å². The normalized spacial score (nSPS) is 13.0. The molecule has 0 heterocycles. The zero-order valence-corrected chi connectivity index (χ0v) is 15.4. The summed E-state index contributed by atoms with van der Waals surface area (Å²) in [6.45, 7) is 1.73. The molecule has 0 spiro atoms. The number of aryl methyl sites for hydroxylation is 1. The van der Waals surface area contributed by atoms with Gasteiger partial charge in [-0.25, -0.2) is 0 Å². The smallest absolute Gasteiger partial charge is 0.258 e. The van der Waals surface area contributed by atoms with Gasteiger partial charge in [-0.3, -0.25) is 9.59 Å². The van der Waals surface area contributed by atoms with E-state index in [2.05, 4.69) is 10.6 Å². The van der Waals surface area contributed by atoms with Gasteiger partial charge in [-0.15, -0.1) is 0 Å². The molecule has 7 nitrogen and oxygen atoms in total. The standard InChI is InChI=1S/C20H23N3O4/c1-12-3-4-13(21)9-16(12)20(25)23-15-7-8-17(26-2)18(10-15)27-11-19(24)22-14-5-6-14/h3-4,7-10,14H,5-6,11,21H2,1-2H3,(H,22,24)(H,23,25). The number of hydrogen-bond donors (Lipinski definition) is 3. The average Bonchev–Trinajstić information content (AvgIpc) is 3.46. The van der Waals surface area contributed by atoms with Gasteiger partial charge in [0.2, 0.25) is 0 Å². The van der Waals surface area contributed by atoms with E-state index in [9.17, 15) is 9.59 Å². The van der Waals surface area contributed by atoms with Crippen molar-refractivity contribution in [1.29, 1.82) is 0 Å². The molecule has 0 atom stereocenters. The summed E-state index contributed by atoms with van der Waals surface area (Å²) in [7, 11) is 1.51. The van der Waals surface area contributed by atoms with Crippen LogP contribution in [0.4, 0.5) is 11.4 Å². The van der Waals surface area contributed by atoms with E-state index in [4.69, 9.17) is 15.2 Å². The predicted molar refractivity (Wildman–Crippen MR) is 103 cm³/mol. The zero-order valence-electron chi connectivity index (χ0n) is 15.4. The van der Waals surface area contributed by atoms with Crippen molar-refractivity contribution in [3.63, 3.8) is 0 Å². The highest BCUT2D eigenvalue weighted by molar-refractivity contribution is 6.05. The Kier molecular flexibility index (Phi) is 5.49. The maximum absolute atomic E-state index is 12.5. The van der Waals surface area contributed by atoms with E-state index in [1.165, 1.54) is 7.11 Å². The summed E-state index contributed by atoms with van der Waals surface area (Å²) in [5.41, 5.74) is 8.14. The maximum Gasteiger partial charge on any atom is 0.258 e. The first kappa shape index (κ1) is 18.6. The molecule has 7 heteroatoms. The van der Waals surface area contributed by atoms with Gasteiger partial charge in [0, 0.05) is 29.0 Å². The lowest BCUT2D eigenvalue weighted by Gasteiger charge is -2.13. The highest BCUT2D eigenvalue weighted by Crippen LogP contribution is 2.30. The fourth-order valence-corrected chi connectivity index (χ4v) is 2.59. The minimum atomic E-state index is -0.276. The number of nitrogen functional groups attached to an aromatic ring is 1. The molecule has 1 saturated carbocycles. The summed E-state index contributed by atoms with van der Waals surface area (Å²) in [5.74, 6) is 0.407. The van der Waals surface area contributed by atoms with E-state index in [0.717, 1.165) is 18.4 Å². The van der Waals surface area contributed by atoms with Crippen molar-refractivity contribution < 1.29 is 19.1 Å². The lowest BCUT2D eigenvalue weighted by molar-refractivity contribution is -0.123. The summed E-state index contributed by atoms with van der Waals surface area (Å²) in [4.78, 5) is 24.4. The van der Waals surface area contributed by atoms with Crippen LogP contribution in [0.15, 0.2) is 36.4 Å². The third-order valence-electron chi connectivity index (χ3n) is 4.23. The quantitative estimate of drug-likeness (QED) is 0.651. The molecule has 2 aromatic rings. The Morgan fingerprint density at radius 2 is 1.93 bits per heavy atom. The van der Waals surface area contributed by atoms with Crippen LogP contribution in [-0.2, 0) is 4.79 Å². The van der Waals surface area contributed by atoms with Crippen LogP contribution in [0.2, 0.25) is 0 Å². The van der Waals surface area contributed by atoms with Crippen LogP contribution < -0.4 is 25.8 Å². The number of anilines is 2. The van der Waals surface area contributed by atoms with Crippen LogP contribution >= 0.6 is 0 Å². The number of benzene rings is 2. The third kappa shape index (κ3) is 4.91. The van der Waals surface area contributed by atoms with Crippen LogP contribution in [0.25, 0.3) is 0 Å². The lowest BCUT2D eigenvalue weighted by atomic mass is 10.1. The Balaban J connectivity index is 1.70. The minimum Gasteiger partial charge on any atom is -0.493 e. The first-order chi connectivity index (χ1) is 13.0. The molecule has 0 bridgehead atoms. The van der Waals surface area contributed by atoms with E-state index in [1.54, 1.807) is 36.4 Å². The van der Waals surface area contributed by atoms with Gasteiger partial charge in [-0.05, 0) is 49.6 Å². The summed E-state index contributed by atoms with van der Waals surface area (Å²) in [5, 5.41) is 5.67. The number of nitrogens with one attached hydrogen (secondary N) is 2. The van der Waals surface area contributed by atoms with Crippen molar-refractivity contribution in [2.24, 2.45) is 0 Å². The van der Waals surface area contributed by atoms with Gasteiger partial charge in [0.05, 0.1) is 7.11 Å². The van der Waals surface area contributed by atoms with Gasteiger partial charge >= 0.3 is 0 Å². The number of carbonyl (C=O) groups excluding carboxylic acids is 2. The van der Waals surface area contributed by atoms with Crippen molar-refractivity contribution in [1.82, 2.24) is 5.32 Å². The lowest BCUT2D eigenvalue weighted by Crippen LogP contribution is -2.30. The molecule has 1 aliphatic rings. The second-order valence-corrected chi connectivity index (χ2v) is 6.52. The van der Waals surface area contributed by atoms with Crippen molar-refractivity contribution >= 4 is 23.2 Å². The van der Waals surface area contributed by atoms with E-state index < -0.39 is 0 Å². The molecule has 0 aromatic heterocycles. The molecule has 1 fully saturated rings. The van der Waals surface area contributed by atoms with Crippen molar-refractivity contribution in [2.45, 2.75) is 25.8 Å². The molecule has 2 aromatic carbocycles. The number of nitrogens with two attached hydrogens (primary N) is 1. The van der Waals surface area contributed by atoms with E-state index in [-0.39, 0.29) is 24.5 Å². The number of ether oxygens (including phenoxy) is 2. The number of rotatable bonds is 7. The van der Waals surface area contributed by atoms with Crippen LogP contribution in [-0.4, -0.2) is 31.6 Å². The second-order valence-electron chi connectivity index (χ2n) is 6.52. The van der Waals surface area contributed by atoms with Crippen molar-refractivity contribution in [2.75, 3.05) is 24.8 Å². The first-order valence-electron chi connectivity index (χ1n) is 8.74. The molecule has 2 amide bonds. The van der Waals surface area contributed by atoms with Crippen LogP contribution in [0.3, 0.4) is 0 Å². The summed E-state index contributed by atoms with van der Waals surface area (Å²) < 4.78 is 10.8. The molecular formula is C20H23N3O4. The number of carbonyl (C=O) groups is 2. The molecule has 0 saturated heterocycles. The maximum atomic E-state index is 12.5. The topological polar surface area (TPSA) is 103 Å². The van der Waals surface area contributed by atoms with Crippen LogP contribution in [0, 0.1) is 6.92 Å².